The van der Waals surface area contributed by atoms with Crippen LogP contribution in [-0.2, 0) is 6.54 Å². The molecule has 8 nitrogen and oxygen atoms in total. The molecule has 0 bridgehead atoms. The van der Waals surface area contributed by atoms with E-state index < -0.39 is 0 Å². The van der Waals surface area contributed by atoms with Crippen molar-refractivity contribution in [1.82, 2.24) is 30.0 Å². The fourth-order valence-electron chi connectivity index (χ4n) is 2.75. The summed E-state index contributed by atoms with van der Waals surface area (Å²) in [5.41, 5.74) is 2.12. The van der Waals surface area contributed by atoms with Crippen LogP contribution in [0.2, 0.25) is 0 Å². The van der Waals surface area contributed by atoms with Crippen molar-refractivity contribution in [2.75, 3.05) is 14.2 Å². The maximum absolute atomic E-state index is 13.4. The average Bonchev–Trinajstić information content (AvgIpc) is 3.37. The van der Waals surface area contributed by atoms with E-state index in [1.165, 1.54) is 16.9 Å². The van der Waals surface area contributed by atoms with Gasteiger partial charge in [-0.2, -0.15) is 9.90 Å². The molecule has 0 spiro atoms. The van der Waals surface area contributed by atoms with E-state index in [1.807, 2.05) is 12.1 Å². The zero-order valence-corrected chi connectivity index (χ0v) is 15.3. The van der Waals surface area contributed by atoms with E-state index in [-0.39, 0.29) is 5.82 Å². The zero-order chi connectivity index (χ0) is 19.5. The van der Waals surface area contributed by atoms with Crippen LogP contribution in [0.15, 0.2) is 54.7 Å². The molecule has 0 amide bonds. The Morgan fingerprint density at radius 2 is 1.82 bits per heavy atom. The van der Waals surface area contributed by atoms with E-state index in [4.69, 9.17) is 9.47 Å². The maximum Gasteiger partial charge on any atom is 0.205 e. The molecule has 0 atom stereocenters. The summed E-state index contributed by atoms with van der Waals surface area (Å²) in [6.07, 6.45) is 1.76. The second-order valence-corrected chi connectivity index (χ2v) is 5.94. The summed E-state index contributed by atoms with van der Waals surface area (Å²) in [6.45, 7) is 0.336. The second kappa shape index (κ2) is 7.47. The predicted molar refractivity (Wildman–Crippen MR) is 99.0 cm³/mol. The lowest BCUT2D eigenvalue weighted by Gasteiger charge is -2.07. The predicted octanol–water partition coefficient (Wildman–Crippen LogP) is 2.73. The molecular weight excluding hydrogens is 363 g/mol. The van der Waals surface area contributed by atoms with E-state index in [2.05, 4.69) is 20.5 Å². The van der Waals surface area contributed by atoms with Crippen molar-refractivity contribution in [3.8, 4) is 28.6 Å². The summed E-state index contributed by atoms with van der Waals surface area (Å²) in [5, 5.41) is 17.0. The first-order valence-corrected chi connectivity index (χ1v) is 8.47. The highest BCUT2D eigenvalue weighted by molar-refractivity contribution is 5.60. The Balaban J connectivity index is 1.53. The van der Waals surface area contributed by atoms with Crippen LogP contribution in [0.3, 0.4) is 0 Å². The number of rotatable bonds is 6. The van der Waals surface area contributed by atoms with Crippen molar-refractivity contribution >= 4 is 0 Å². The number of nitrogens with zero attached hydrogens (tertiary/aromatic N) is 6. The van der Waals surface area contributed by atoms with Crippen LogP contribution < -0.4 is 9.47 Å². The molecule has 2 aromatic heterocycles. The Bertz CT molecular complexity index is 1110. The van der Waals surface area contributed by atoms with Crippen molar-refractivity contribution in [3.05, 3.63) is 66.2 Å². The molecular formula is C19H17FN6O2. The van der Waals surface area contributed by atoms with Crippen LogP contribution in [0.4, 0.5) is 4.39 Å². The molecule has 0 saturated carbocycles. The molecule has 0 unspecified atom stereocenters. The number of methoxy groups -OCH3 is 2. The van der Waals surface area contributed by atoms with Crippen molar-refractivity contribution in [1.29, 1.82) is 0 Å². The van der Waals surface area contributed by atoms with Crippen molar-refractivity contribution in [2.24, 2.45) is 0 Å². The van der Waals surface area contributed by atoms with Gasteiger partial charge in [0.25, 0.3) is 0 Å². The smallest absolute Gasteiger partial charge is 0.205 e. The zero-order valence-electron chi connectivity index (χ0n) is 15.3. The first-order valence-electron chi connectivity index (χ1n) is 8.47. The van der Waals surface area contributed by atoms with Gasteiger partial charge in [-0.25, -0.2) is 9.07 Å². The van der Waals surface area contributed by atoms with Gasteiger partial charge >= 0.3 is 0 Å². The first kappa shape index (κ1) is 17.7. The molecule has 0 radical (unpaired) electrons. The van der Waals surface area contributed by atoms with Gasteiger partial charge in [0.1, 0.15) is 12.4 Å². The molecule has 0 N–H and O–H groups in total. The molecule has 28 heavy (non-hydrogen) atoms. The second-order valence-electron chi connectivity index (χ2n) is 5.94. The Kier molecular flexibility index (Phi) is 4.71. The molecule has 2 aromatic carbocycles. The van der Waals surface area contributed by atoms with E-state index in [9.17, 15) is 4.39 Å². The minimum Gasteiger partial charge on any atom is -0.493 e. The third-order valence-corrected chi connectivity index (χ3v) is 4.12. The summed E-state index contributed by atoms with van der Waals surface area (Å²) in [7, 11) is 3.15. The van der Waals surface area contributed by atoms with Gasteiger partial charge in [0.15, 0.2) is 11.5 Å². The molecule has 142 valence electrons. The molecule has 4 rings (SSSR count). The molecule has 0 aliphatic heterocycles. The Hall–Kier alpha value is -3.75. The molecule has 2 heterocycles. The van der Waals surface area contributed by atoms with Crippen molar-refractivity contribution in [2.45, 2.75) is 6.54 Å². The average molecular weight is 380 g/mol. The third kappa shape index (κ3) is 3.54. The SMILES string of the molecule is COc1ccc(-c2nnn(Cc3ccn(-c4cccc(F)c4)n3)n2)cc1OC. The fourth-order valence-corrected chi connectivity index (χ4v) is 2.75. The molecule has 4 aromatic rings. The van der Waals surface area contributed by atoms with Crippen LogP contribution in [0, 0.1) is 5.82 Å². The number of ether oxygens (including phenoxy) is 2. The van der Waals surface area contributed by atoms with E-state index >= 15 is 0 Å². The van der Waals surface area contributed by atoms with Gasteiger partial charge in [-0.05, 0) is 47.7 Å². The molecule has 9 heteroatoms. The number of hydrogen-bond donors (Lipinski definition) is 0. The highest BCUT2D eigenvalue weighted by Gasteiger charge is 2.12. The lowest BCUT2D eigenvalue weighted by atomic mass is 10.2. The summed E-state index contributed by atoms with van der Waals surface area (Å²) >= 11 is 0. The molecule has 0 fully saturated rings. The van der Waals surface area contributed by atoms with Gasteiger partial charge in [-0.15, -0.1) is 10.2 Å². The number of benzene rings is 2. The highest BCUT2D eigenvalue weighted by Crippen LogP contribution is 2.30. The third-order valence-electron chi connectivity index (χ3n) is 4.12. The van der Waals surface area contributed by atoms with Crippen LogP contribution >= 0.6 is 0 Å². The standard InChI is InChI=1S/C19H17FN6O2/c1-27-17-7-6-13(10-18(17)28-2)19-21-24-26(23-19)12-15-8-9-25(22-15)16-5-3-4-14(20)11-16/h3-11H,12H2,1-2H3. The minimum atomic E-state index is -0.313. The van der Waals surface area contributed by atoms with E-state index in [1.54, 1.807) is 49.4 Å². The lowest BCUT2D eigenvalue weighted by Crippen LogP contribution is -2.05. The van der Waals surface area contributed by atoms with Crippen LogP contribution in [0.5, 0.6) is 11.5 Å². The van der Waals surface area contributed by atoms with Gasteiger partial charge in [0.05, 0.1) is 25.6 Å². The largest absolute Gasteiger partial charge is 0.493 e. The summed E-state index contributed by atoms with van der Waals surface area (Å²) in [4.78, 5) is 1.45. The summed E-state index contributed by atoms with van der Waals surface area (Å²) < 4.78 is 25.5. The van der Waals surface area contributed by atoms with Gasteiger partial charge in [0.2, 0.25) is 5.82 Å². The van der Waals surface area contributed by atoms with Gasteiger partial charge in [-0.3, -0.25) is 0 Å². The Labute approximate surface area is 160 Å². The fraction of sp³-hybridized carbons (Fsp3) is 0.158. The lowest BCUT2D eigenvalue weighted by molar-refractivity contribution is 0.355. The highest BCUT2D eigenvalue weighted by atomic mass is 19.1. The number of tetrazole rings is 1. The molecule has 0 aliphatic rings. The maximum atomic E-state index is 13.4. The van der Waals surface area contributed by atoms with Gasteiger partial charge in [-0.1, -0.05) is 6.07 Å². The normalized spacial score (nSPS) is 10.8. The van der Waals surface area contributed by atoms with Crippen molar-refractivity contribution in [3.63, 3.8) is 0 Å². The number of hydrogen-bond acceptors (Lipinski definition) is 6. The Morgan fingerprint density at radius 1 is 0.964 bits per heavy atom. The van der Waals surface area contributed by atoms with Gasteiger partial charge in [0, 0.05) is 11.8 Å². The minimum absolute atomic E-state index is 0.313. The van der Waals surface area contributed by atoms with Gasteiger partial charge < -0.3 is 9.47 Å². The molecule has 0 saturated heterocycles. The van der Waals surface area contributed by atoms with Crippen LogP contribution in [0.1, 0.15) is 5.69 Å². The monoisotopic (exact) mass is 380 g/mol. The Morgan fingerprint density at radius 3 is 2.61 bits per heavy atom. The van der Waals surface area contributed by atoms with Crippen molar-refractivity contribution < 1.29 is 13.9 Å². The number of aromatic nitrogens is 6. The van der Waals surface area contributed by atoms with E-state index in [0.717, 1.165) is 11.3 Å². The summed E-state index contributed by atoms with van der Waals surface area (Å²) in [5.74, 6) is 1.37. The molecule has 0 aliphatic carbocycles. The van der Waals surface area contributed by atoms with Crippen LogP contribution in [-0.4, -0.2) is 44.2 Å². The number of halogens is 1. The quantitative estimate of drug-likeness (QED) is 0.512. The van der Waals surface area contributed by atoms with Crippen LogP contribution in [0.25, 0.3) is 17.1 Å². The first-order chi connectivity index (χ1) is 13.7. The van der Waals surface area contributed by atoms with E-state index in [0.29, 0.717) is 29.6 Å². The topological polar surface area (TPSA) is 79.9 Å². The summed E-state index contributed by atoms with van der Waals surface area (Å²) in [6, 6.07) is 13.5.